The van der Waals surface area contributed by atoms with Gasteiger partial charge in [-0.15, -0.1) is 10.2 Å². The van der Waals surface area contributed by atoms with E-state index in [4.69, 9.17) is 9.15 Å². The molecule has 0 spiro atoms. The maximum absolute atomic E-state index is 12.0. The zero-order valence-corrected chi connectivity index (χ0v) is 14.1. The molecule has 0 saturated heterocycles. The molecular formula is C17H15N3O4S. The number of para-hydroxylation sites is 1. The molecule has 128 valence electrons. The van der Waals surface area contributed by atoms with Gasteiger partial charge in [0, 0.05) is 11.8 Å². The Labute approximate surface area is 148 Å². The Bertz CT molecular complexity index is 882. The molecule has 2 aromatic carbocycles. The molecule has 0 unspecified atom stereocenters. The minimum atomic E-state index is -0.243. The van der Waals surface area contributed by atoms with Crippen molar-refractivity contribution in [2.24, 2.45) is 0 Å². The normalized spacial score (nSPS) is 10.4. The largest absolute Gasteiger partial charge is 0.508 e. The first kappa shape index (κ1) is 16.8. The molecule has 1 heterocycles. The number of carbonyl (C=O) groups is 1. The number of hydrogen-bond acceptors (Lipinski definition) is 7. The first-order valence-electron chi connectivity index (χ1n) is 7.34. The number of carbonyl (C=O) groups excluding carboxylic acids is 1. The lowest BCUT2D eigenvalue weighted by atomic mass is 10.2. The summed E-state index contributed by atoms with van der Waals surface area (Å²) >= 11 is 1.13. The zero-order chi connectivity index (χ0) is 17.6. The summed E-state index contributed by atoms with van der Waals surface area (Å²) < 4.78 is 10.8. The van der Waals surface area contributed by atoms with Crippen molar-refractivity contribution in [1.82, 2.24) is 10.2 Å². The number of hydrogen-bond donors (Lipinski definition) is 2. The number of phenolic OH excluding ortho intramolecular Hbond substituents is 1. The van der Waals surface area contributed by atoms with Crippen LogP contribution in [0.5, 0.6) is 11.5 Å². The smallest absolute Gasteiger partial charge is 0.277 e. The topological polar surface area (TPSA) is 97.5 Å². The molecule has 0 atom stereocenters. The van der Waals surface area contributed by atoms with Crippen LogP contribution in [-0.2, 0) is 4.79 Å². The predicted octanol–water partition coefficient (Wildman–Crippen LogP) is 3.18. The van der Waals surface area contributed by atoms with E-state index in [2.05, 4.69) is 15.5 Å². The lowest BCUT2D eigenvalue weighted by molar-refractivity contribution is -0.113. The molecule has 3 aromatic rings. The summed E-state index contributed by atoms with van der Waals surface area (Å²) in [6.45, 7) is 0. The van der Waals surface area contributed by atoms with Gasteiger partial charge in [-0.05, 0) is 24.3 Å². The Morgan fingerprint density at radius 3 is 2.88 bits per heavy atom. The summed E-state index contributed by atoms with van der Waals surface area (Å²) in [7, 11) is 1.57. The van der Waals surface area contributed by atoms with E-state index in [1.165, 1.54) is 12.1 Å². The van der Waals surface area contributed by atoms with E-state index >= 15 is 0 Å². The fourth-order valence-electron chi connectivity index (χ4n) is 2.11. The lowest BCUT2D eigenvalue weighted by Gasteiger charge is -2.04. The maximum Gasteiger partial charge on any atom is 0.277 e. The molecule has 0 aliphatic carbocycles. The van der Waals surface area contributed by atoms with E-state index in [9.17, 15) is 9.90 Å². The Kier molecular flexibility index (Phi) is 5.20. The van der Waals surface area contributed by atoms with Gasteiger partial charge < -0.3 is 19.6 Å². The van der Waals surface area contributed by atoms with Crippen molar-refractivity contribution < 1.29 is 19.1 Å². The Hall–Kier alpha value is -3.00. The number of amides is 1. The van der Waals surface area contributed by atoms with Crippen LogP contribution in [0.3, 0.4) is 0 Å². The molecule has 0 bridgehead atoms. The van der Waals surface area contributed by atoms with Gasteiger partial charge in [0.15, 0.2) is 0 Å². The number of nitrogens with one attached hydrogen (secondary N) is 1. The van der Waals surface area contributed by atoms with Gasteiger partial charge in [0.05, 0.1) is 18.4 Å². The number of methoxy groups -OCH3 is 1. The number of phenols is 1. The average Bonchev–Trinajstić information content (AvgIpc) is 3.09. The molecule has 0 radical (unpaired) electrons. The van der Waals surface area contributed by atoms with Gasteiger partial charge >= 0.3 is 0 Å². The number of rotatable bonds is 6. The summed E-state index contributed by atoms with van der Waals surface area (Å²) in [6, 6.07) is 13.6. The molecule has 0 aliphatic rings. The fourth-order valence-corrected chi connectivity index (χ4v) is 2.67. The van der Waals surface area contributed by atoms with Crippen molar-refractivity contribution in [3.8, 4) is 23.0 Å². The Balaban J connectivity index is 1.61. The van der Waals surface area contributed by atoms with Crippen LogP contribution in [0, 0.1) is 0 Å². The number of anilines is 1. The predicted molar refractivity (Wildman–Crippen MR) is 93.7 cm³/mol. The Morgan fingerprint density at radius 2 is 2.08 bits per heavy atom. The second-order valence-corrected chi connectivity index (χ2v) is 5.89. The minimum absolute atomic E-state index is 0.0869. The first-order chi connectivity index (χ1) is 12.2. The van der Waals surface area contributed by atoms with Crippen LogP contribution in [0.25, 0.3) is 11.5 Å². The molecule has 3 rings (SSSR count). The van der Waals surface area contributed by atoms with Crippen LogP contribution in [0.2, 0.25) is 0 Å². The molecule has 7 nitrogen and oxygen atoms in total. The second-order valence-electron chi connectivity index (χ2n) is 4.96. The summed E-state index contributed by atoms with van der Waals surface area (Å²) in [4.78, 5) is 12.0. The molecule has 1 aromatic heterocycles. The van der Waals surface area contributed by atoms with Gasteiger partial charge in [0.25, 0.3) is 11.1 Å². The fraction of sp³-hybridized carbons (Fsp3) is 0.118. The number of aromatic nitrogens is 2. The number of benzene rings is 2. The molecule has 8 heteroatoms. The highest BCUT2D eigenvalue weighted by atomic mass is 32.2. The van der Waals surface area contributed by atoms with Crippen LogP contribution in [-0.4, -0.2) is 34.1 Å². The highest BCUT2D eigenvalue weighted by Gasteiger charge is 2.14. The maximum atomic E-state index is 12.0. The number of nitrogens with zero attached hydrogens (tertiary/aromatic N) is 2. The van der Waals surface area contributed by atoms with Crippen molar-refractivity contribution in [3.63, 3.8) is 0 Å². The van der Waals surface area contributed by atoms with E-state index in [1.54, 1.807) is 25.3 Å². The first-order valence-corrected chi connectivity index (χ1v) is 8.33. The highest BCUT2D eigenvalue weighted by molar-refractivity contribution is 7.99. The minimum Gasteiger partial charge on any atom is -0.508 e. The standard InChI is InChI=1S/C17H15N3O4S/c1-23-14-8-3-2-7-13(14)16-19-20-17(24-16)25-10-15(22)18-11-5-4-6-12(21)9-11/h2-9,21H,10H2,1H3,(H,18,22). The van der Waals surface area contributed by atoms with Crippen LogP contribution < -0.4 is 10.1 Å². The average molecular weight is 357 g/mol. The van der Waals surface area contributed by atoms with E-state index in [0.717, 1.165) is 11.8 Å². The SMILES string of the molecule is COc1ccccc1-c1nnc(SCC(=O)Nc2cccc(O)c2)o1. The molecular weight excluding hydrogens is 342 g/mol. The van der Waals surface area contributed by atoms with Crippen molar-refractivity contribution in [3.05, 3.63) is 48.5 Å². The third kappa shape index (κ3) is 4.30. The van der Waals surface area contributed by atoms with Crippen molar-refractivity contribution >= 4 is 23.4 Å². The lowest BCUT2D eigenvalue weighted by Crippen LogP contribution is -2.13. The second kappa shape index (κ2) is 7.71. The van der Waals surface area contributed by atoms with Crippen LogP contribution in [0.4, 0.5) is 5.69 Å². The van der Waals surface area contributed by atoms with Crippen LogP contribution in [0.15, 0.2) is 58.2 Å². The van der Waals surface area contributed by atoms with Gasteiger partial charge in [0.2, 0.25) is 5.91 Å². The van der Waals surface area contributed by atoms with Crippen LogP contribution in [0.1, 0.15) is 0 Å². The third-order valence-corrected chi connectivity index (χ3v) is 4.02. The summed E-state index contributed by atoms with van der Waals surface area (Å²) in [5, 5.41) is 20.3. The van der Waals surface area contributed by atoms with E-state index in [1.807, 2.05) is 18.2 Å². The monoisotopic (exact) mass is 357 g/mol. The Morgan fingerprint density at radius 1 is 1.24 bits per heavy atom. The molecule has 1 amide bonds. The van der Waals surface area contributed by atoms with E-state index < -0.39 is 0 Å². The van der Waals surface area contributed by atoms with Gasteiger partial charge in [-0.3, -0.25) is 4.79 Å². The van der Waals surface area contributed by atoms with Crippen LogP contribution >= 0.6 is 11.8 Å². The zero-order valence-electron chi connectivity index (χ0n) is 13.3. The molecule has 0 fully saturated rings. The summed E-state index contributed by atoms with van der Waals surface area (Å²) in [5.41, 5.74) is 1.21. The van der Waals surface area contributed by atoms with Gasteiger partial charge in [0.1, 0.15) is 11.5 Å². The molecule has 25 heavy (non-hydrogen) atoms. The van der Waals surface area contributed by atoms with Crippen molar-refractivity contribution in [1.29, 1.82) is 0 Å². The van der Waals surface area contributed by atoms with Gasteiger partial charge in [-0.1, -0.05) is 30.0 Å². The molecule has 0 saturated carbocycles. The van der Waals surface area contributed by atoms with Crippen molar-refractivity contribution in [2.45, 2.75) is 5.22 Å². The molecule has 2 N–H and O–H groups in total. The third-order valence-electron chi connectivity index (χ3n) is 3.20. The molecule has 0 aliphatic heterocycles. The van der Waals surface area contributed by atoms with Crippen molar-refractivity contribution in [2.75, 3.05) is 18.2 Å². The quantitative estimate of drug-likeness (QED) is 0.654. The summed E-state index contributed by atoms with van der Waals surface area (Å²) in [6.07, 6.45) is 0. The highest BCUT2D eigenvalue weighted by Crippen LogP contribution is 2.30. The summed E-state index contributed by atoms with van der Waals surface area (Å²) in [5.74, 6) is 0.901. The van der Waals surface area contributed by atoms with Gasteiger partial charge in [-0.25, -0.2) is 0 Å². The van der Waals surface area contributed by atoms with Gasteiger partial charge in [-0.2, -0.15) is 0 Å². The number of thioether (sulfide) groups is 1. The van der Waals surface area contributed by atoms with E-state index in [-0.39, 0.29) is 22.6 Å². The number of aromatic hydroxyl groups is 1. The number of ether oxygens (including phenoxy) is 1. The van der Waals surface area contributed by atoms with E-state index in [0.29, 0.717) is 22.9 Å².